The van der Waals surface area contributed by atoms with Crippen LogP contribution in [-0.2, 0) is 23.9 Å². The van der Waals surface area contributed by atoms with E-state index in [1.54, 1.807) is 0 Å². The van der Waals surface area contributed by atoms with Crippen LogP contribution >= 0.6 is 0 Å². The van der Waals surface area contributed by atoms with Crippen LogP contribution in [0.3, 0.4) is 0 Å². The first kappa shape index (κ1) is 71.4. The average Bonchev–Trinajstić information content (AvgIpc) is 3.24. The molecule has 0 aromatic rings. The number of carbonyl (C=O) groups is 3. The molecular weight excluding hydrogens is 820 g/mol. The van der Waals surface area contributed by atoms with Crippen LogP contribution in [-0.4, -0.2) is 254 Å². The molecule has 0 aliphatic rings. The lowest BCUT2D eigenvalue weighted by Gasteiger charge is -2.24. The summed E-state index contributed by atoms with van der Waals surface area (Å²) < 4.78 is 10.2. The van der Waals surface area contributed by atoms with E-state index in [1.165, 1.54) is 20.8 Å². The normalized spacial score (nSPS) is 14.9. The van der Waals surface area contributed by atoms with Gasteiger partial charge in [-0.05, 0) is 27.2 Å². The molecule has 25 heteroatoms. The number of carbonyl (C=O) groups excluding carboxylic acids is 1. The van der Waals surface area contributed by atoms with Gasteiger partial charge < -0.3 is 112 Å². The first-order valence-electron chi connectivity index (χ1n) is 17.5. The Bertz CT molecular complexity index is 902. The van der Waals surface area contributed by atoms with Crippen molar-refractivity contribution in [2.24, 2.45) is 0 Å². The van der Waals surface area contributed by atoms with Crippen molar-refractivity contribution in [3.8, 4) is 0 Å². The number of ether oxygens (including phenoxy) is 2. The van der Waals surface area contributed by atoms with Gasteiger partial charge >= 0.3 is 17.9 Å². The van der Waals surface area contributed by atoms with Gasteiger partial charge in [0.15, 0.2) is 6.10 Å². The zero-order valence-corrected chi connectivity index (χ0v) is 34.4. The molecule has 20 N–H and O–H groups in total. The van der Waals surface area contributed by atoms with Gasteiger partial charge in [-0.2, -0.15) is 0 Å². The van der Waals surface area contributed by atoms with Crippen LogP contribution in [0.2, 0.25) is 0 Å². The summed E-state index contributed by atoms with van der Waals surface area (Å²) in [5, 5.41) is 167. The second kappa shape index (κ2) is 48.5. The zero-order valence-electron chi connectivity index (χ0n) is 34.4. The van der Waals surface area contributed by atoms with Crippen molar-refractivity contribution < 1.29 is 126 Å². The molecule has 0 aliphatic heterocycles. The molecule has 0 aromatic heterocycles. The minimum atomic E-state index is -1.22. The number of hydrogen-bond donors (Lipinski definition) is 20. The van der Waals surface area contributed by atoms with Gasteiger partial charge in [-0.3, -0.25) is 0 Å². The number of aliphatic hydroxyl groups is 18. The van der Waals surface area contributed by atoms with E-state index in [9.17, 15) is 14.4 Å². The number of aliphatic carboxylic acids is 2. The lowest BCUT2D eigenvalue weighted by Crippen LogP contribution is -2.39. The first-order chi connectivity index (χ1) is 27.7. The van der Waals surface area contributed by atoms with Crippen molar-refractivity contribution in [3.05, 3.63) is 36.5 Å². The number of rotatable bonds is 22. The number of aliphatic hydroxyl groups excluding tert-OH is 18. The minimum Gasteiger partial charge on any atom is -0.478 e. The van der Waals surface area contributed by atoms with Crippen molar-refractivity contribution in [3.63, 3.8) is 0 Å². The molecule has 0 spiro atoms. The van der Waals surface area contributed by atoms with Crippen LogP contribution in [0.1, 0.15) is 34.1 Å². The summed E-state index contributed by atoms with van der Waals surface area (Å²) in [6.45, 7) is 11.6. The Morgan fingerprint density at radius 1 is 0.417 bits per heavy atom. The van der Waals surface area contributed by atoms with E-state index >= 15 is 0 Å². The molecule has 362 valence electrons. The maximum Gasteiger partial charge on any atom is 0.333 e. The Morgan fingerprint density at radius 2 is 0.617 bits per heavy atom. The maximum atomic E-state index is 11.2. The fraction of sp³-hybridized carbons (Fsp3) is 0.743. The molecule has 60 heavy (non-hydrogen) atoms. The largest absolute Gasteiger partial charge is 0.478 e. The highest BCUT2D eigenvalue weighted by molar-refractivity contribution is 5.87. The summed E-state index contributed by atoms with van der Waals surface area (Å²) >= 11 is 0. The van der Waals surface area contributed by atoms with Crippen LogP contribution in [0.15, 0.2) is 36.5 Å². The molecule has 0 heterocycles. The SMILES string of the molecule is C=C(C)C(=O)O.C=C(C)C(=O)O.C=C(C)C(=O)O[C@@H](CO)[C@@H](CO)OCCC.OC[C@@H](O)[C@@H](O)CO.OC[C@@H](O)[C@@H](O)CO.OC[C@@H](O)[C@@H](O)CO.OC[C@@H](O)[C@@H](O)CO. The van der Waals surface area contributed by atoms with Gasteiger partial charge in [0.05, 0.1) is 66.1 Å². The van der Waals surface area contributed by atoms with Crippen molar-refractivity contribution in [2.75, 3.05) is 72.7 Å². The zero-order chi connectivity index (χ0) is 49.1. The van der Waals surface area contributed by atoms with Gasteiger partial charge in [-0.25, -0.2) is 14.4 Å². The smallest absolute Gasteiger partial charge is 0.333 e. The van der Waals surface area contributed by atoms with Crippen LogP contribution < -0.4 is 0 Å². The topological polar surface area (TPSA) is 474 Å². The molecular formula is C35H72O25. The molecule has 0 unspecified atom stereocenters. The van der Waals surface area contributed by atoms with E-state index in [0.717, 1.165) is 6.42 Å². The molecule has 10 atom stereocenters. The van der Waals surface area contributed by atoms with E-state index in [2.05, 4.69) is 19.7 Å². The van der Waals surface area contributed by atoms with Gasteiger partial charge in [0.25, 0.3) is 0 Å². The molecule has 0 fully saturated rings. The Labute approximate surface area is 348 Å². The standard InChI is InChI=1S/C11H20O5.4C4H10O4.2C4H6O2/c1-4-5-15-9(6-12)10(7-13)16-11(14)8(2)3;4*5-1-3(7)4(8)2-6;2*1-3(2)4(5)6/h9-10,12-13H,2,4-7H2,1,3H3;4*3-8H,1-2H2;2*1H2,2H3,(H,5,6)/t9-,10+;4*3-,4+;;/m1....../s1. The predicted molar refractivity (Wildman–Crippen MR) is 209 cm³/mol. The highest BCUT2D eigenvalue weighted by Crippen LogP contribution is 2.07. The highest BCUT2D eigenvalue weighted by Gasteiger charge is 2.25. The fourth-order valence-electron chi connectivity index (χ4n) is 1.99. The molecule has 0 saturated heterocycles. The van der Waals surface area contributed by atoms with E-state index < -0.39 is 138 Å². The number of carboxylic acid groups (broad SMARTS) is 2. The van der Waals surface area contributed by atoms with Crippen molar-refractivity contribution in [2.45, 2.75) is 95.2 Å². The second-order valence-electron chi connectivity index (χ2n) is 11.7. The molecule has 0 aliphatic carbocycles. The maximum absolute atomic E-state index is 11.2. The number of carboxylic acids is 2. The Hall–Kier alpha value is -3.13. The van der Waals surface area contributed by atoms with Gasteiger partial charge in [-0.15, -0.1) is 0 Å². The van der Waals surface area contributed by atoms with Gasteiger partial charge in [0.1, 0.15) is 54.9 Å². The quantitative estimate of drug-likeness (QED) is 0.0354. The monoisotopic (exact) mass is 892 g/mol. The van der Waals surface area contributed by atoms with E-state index in [4.69, 9.17) is 112 Å². The van der Waals surface area contributed by atoms with Gasteiger partial charge in [0, 0.05) is 23.3 Å². The average molecular weight is 893 g/mol. The summed E-state index contributed by atoms with van der Waals surface area (Å²) in [5.41, 5.74) is 0.593. The fourth-order valence-corrected chi connectivity index (χ4v) is 1.99. The van der Waals surface area contributed by atoms with Crippen LogP contribution in [0.5, 0.6) is 0 Å². The Balaban J connectivity index is -0.000000113. The predicted octanol–water partition coefficient (Wildman–Crippen LogP) is -7.68. The number of hydrogen-bond acceptors (Lipinski definition) is 23. The number of esters is 1. The lowest BCUT2D eigenvalue weighted by molar-refractivity contribution is -0.159. The summed E-state index contributed by atoms with van der Waals surface area (Å²) in [6, 6.07) is 0. The molecule has 0 saturated carbocycles. The third-order valence-corrected chi connectivity index (χ3v) is 5.92. The molecule has 0 bridgehead atoms. The Kier molecular flexibility index (Phi) is 57.7. The van der Waals surface area contributed by atoms with Gasteiger partial charge in [0.2, 0.25) is 0 Å². The van der Waals surface area contributed by atoms with E-state index in [0.29, 0.717) is 6.61 Å². The van der Waals surface area contributed by atoms with Crippen LogP contribution in [0, 0.1) is 0 Å². The van der Waals surface area contributed by atoms with Gasteiger partial charge in [-0.1, -0.05) is 26.7 Å². The summed E-state index contributed by atoms with van der Waals surface area (Å²) in [5.74, 6) is -2.47. The molecule has 0 amide bonds. The van der Waals surface area contributed by atoms with Crippen molar-refractivity contribution >= 4 is 17.9 Å². The summed E-state index contributed by atoms with van der Waals surface area (Å²) in [6.07, 6.45) is -10.6. The molecule has 0 aromatic carbocycles. The molecule has 0 radical (unpaired) electrons. The van der Waals surface area contributed by atoms with Crippen molar-refractivity contribution in [1.29, 1.82) is 0 Å². The Morgan fingerprint density at radius 3 is 0.733 bits per heavy atom. The second-order valence-corrected chi connectivity index (χ2v) is 11.7. The molecule has 25 nitrogen and oxygen atoms in total. The molecule has 0 rings (SSSR count). The van der Waals surface area contributed by atoms with Crippen LogP contribution in [0.4, 0.5) is 0 Å². The third kappa shape index (κ3) is 49.2. The summed E-state index contributed by atoms with van der Waals surface area (Å²) in [7, 11) is 0. The third-order valence-electron chi connectivity index (χ3n) is 5.92. The van der Waals surface area contributed by atoms with Crippen molar-refractivity contribution in [1.82, 2.24) is 0 Å². The van der Waals surface area contributed by atoms with Crippen LogP contribution in [0.25, 0.3) is 0 Å². The highest BCUT2D eigenvalue weighted by atomic mass is 16.6. The summed E-state index contributed by atoms with van der Waals surface area (Å²) in [4.78, 5) is 30.4. The lowest BCUT2D eigenvalue weighted by atomic mass is 10.2. The van der Waals surface area contributed by atoms with E-state index in [-0.39, 0.29) is 23.3 Å². The minimum absolute atomic E-state index is 0.176. The van der Waals surface area contributed by atoms with E-state index in [1.807, 2.05) is 6.92 Å². The first-order valence-corrected chi connectivity index (χ1v) is 17.5.